The molecule has 0 amide bonds. The predicted octanol–water partition coefficient (Wildman–Crippen LogP) is 1.12. The molecule has 2 rings (SSSR count). The average molecular weight is 291 g/mol. The number of halogens is 1. The monoisotopic (exact) mass is 290 g/mol. The number of aliphatic hydroxyl groups is 1. The first-order chi connectivity index (χ1) is 8.32. The summed E-state index contributed by atoms with van der Waals surface area (Å²) >= 11 is 5.75. The van der Waals surface area contributed by atoms with E-state index < -0.39 is 15.6 Å². The van der Waals surface area contributed by atoms with Crippen LogP contribution >= 0.6 is 11.6 Å². The first kappa shape index (κ1) is 13.6. The van der Waals surface area contributed by atoms with Crippen LogP contribution in [0.5, 0.6) is 0 Å². The Kier molecular flexibility index (Phi) is 3.55. The summed E-state index contributed by atoms with van der Waals surface area (Å²) in [6.45, 7) is 0.00128. The standard InChI is InChI=1S/C11H15ClN2O3S/c12-8-2-3-9(13)10(6-8)18(16,17)14-7-11(15)4-1-5-11/h2-3,6,14-15H,1,4-5,7,13H2. The van der Waals surface area contributed by atoms with Gasteiger partial charge in [-0.3, -0.25) is 0 Å². The second-order valence-corrected chi connectivity index (χ2v) is 6.76. The minimum Gasteiger partial charge on any atom is -0.398 e. The molecule has 5 nitrogen and oxygen atoms in total. The van der Waals surface area contributed by atoms with Crippen LogP contribution in [-0.2, 0) is 10.0 Å². The van der Waals surface area contributed by atoms with Crippen molar-refractivity contribution in [2.45, 2.75) is 29.8 Å². The summed E-state index contributed by atoms with van der Waals surface area (Å²) < 4.78 is 26.4. The van der Waals surface area contributed by atoms with E-state index >= 15 is 0 Å². The van der Waals surface area contributed by atoms with Crippen LogP contribution in [0.25, 0.3) is 0 Å². The molecule has 0 saturated heterocycles. The molecule has 0 unspecified atom stereocenters. The Morgan fingerprint density at radius 1 is 1.44 bits per heavy atom. The van der Waals surface area contributed by atoms with Crippen molar-refractivity contribution >= 4 is 27.3 Å². The number of nitrogens with one attached hydrogen (secondary N) is 1. The van der Waals surface area contributed by atoms with Crippen molar-refractivity contribution in [2.24, 2.45) is 0 Å². The minimum absolute atomic E-state index is 0.00128. The van der Waals surface area contributed by atoms with Gasteiger partial charge in [0.1, 0.15) is 4.90 Å². The molecule has 0 radical (unpaired) electrons. The van der Waals surface area contributed by atoms with Crippen molar-refractivity contribution in [3.05, 3.63) is 23.2 Å². The zero-order chi connectivity index (χ0) is 13.4. The number of rotatable bonds is 4. The van der Waals surface area contributed by atoms with Crippen molar-refractivity contribution < 1.29 is 13.5 Å². The lowest BCUT2D eigenvalue weighted by Gasteiger charge is -2.36. The number of benzene rings is 1. The summed E-state index contributed by atoms with van der Waals surface area (Å²) in [7, 11) is -3.74. The van der Waals surface area contributed by atoms with Crippen LogP contribution in [0.1, 0.15) is 19.3 Å². The number of nitrogen functional groups attached to an aromatic ring is 1. The Balaban J connectivity index is 2.17. The average Bonchev–Trinajstić information content (AvgIpc) is 2.27. The second kappa shape index (κ2) is 4.70. The van der Waals surface area contributed by atoms with Gasteiger partial charge in [-0.05, 0) is 37.5 Å². The minimum atomic E-state index is -3.74. The van der Waals surface area contributed by atoms with Gasteiger partial charge in [-0.1, -0.05) is 11.6 Å². The fourth-order valence-corrected chi connectivity index (χ4v) is 3.32. The van der Waals surface area contributed by atoms with Crippen molar-refractivity contribution in [1.82, 2.24) is 4.72 Å². The van der Waals surface area contributed by atoms with E-state index in [2.05, 4.69) is 4.72 Å². The van der Waals surface area contributed by atoms with Gasteiger partial charge in [-0.2, -0.15) is 0 Å². The van der Waals surface area contributed by atoms with Crippen LogP contribution < -0.4 is 10.5 Å². The van der Waals surface area contributed by atoms with Crippen molar-refractivity contribution in [3.63, 3.8) is 0 Å². The highest BCUT2D eigenvalue weighted by molar-refractivity contribution is 7.89. The first-order valence-corrected chi connectivity index (χ1v) is 7.46. The highest BCUT2D eigenvalue weighted by atomic mass is 35.5. The number of sulfonamides is 1. The number of nitrogens with two attached hydrogens (primary N) is 1. The normalized spacial score (nSPS) is 18.3. The molecule has 18 heavy (non-hydrogen) atoms. The van der Waals surface area contributed by atoms with Gasteiger partial charge in [-0.15, -0.1) is 0 Å². The summed E-state index contributed by atoms with van der Waals surface area (Å²) in [6, 6.07) is 4.26. The van der Waals surface area contributed by atoms with E-state index in [0.29, 0.717) is 17.9 Å². The molecule has 1 fully saturated rings. The molecule has 0 atom stereocenters. The second-order valence-electron chi connectivity index (χ2n) is 4.58. The number of anilines is 1. The fraction of sp³-hybridized carbons (Fsp3) is 0.455. The SMILES string of the molecule is Nc1ccc(Cl)cc1S(=O)(=O)NCC1(O)CCC1. The molecule has 0 heterocycles. The molecule has 100 valence electrons. The van der Waals surface area contributed by atoms with E-state index in [1.807, 2.05) is 0 Å². The highest BCUT2D eigenvalue weighted by Crippen LogP contribution is 2.31. The van der Waals surface area contributed by atoms with E-state index in [-0.39, 0.29) is 17.1 Å². The van der Waals surface area contributed by atoms with E-state index in [4.69, 9.17) is 17.3 Å². The summed E-state index contributed by atoms with van der Waals surface area (Å²) in [5.74, 6) is 0. The van der Waals surface area contributed by atoms with Crippen molar-refractivity contribution in [3.8, 4) is 0 Å². The maximum atomic E-state index is 12.0. The van der Waals surface area contributed by atoms with Gasteiger partial charge in [-0.25, -0.2) is 13.1 Å². The highest BCUT2D eigenvalue weighted by Gasteiger charge is 2.35. The van der Waals surface area contributed by atoms with Crippen molar-refractivity contribution in [2.75, 3.05) is 12.3 Å². The van der Waals surface area contributed by atoms with Crippen LogP contribution in [-0.4, -0.2) is 25.7 Å². The quantitative estimate of drug-likeness (QED) is 0.725. The molecule has 0 aliphatic heterocycles. The Labute approximate surface area is 111 Å². The largest absolute Gasteiger partial charge is 0.398 e. The molecule has 4 N–H and O–H groups in total. The summed E-state index contributed by atoms with van der Waals surface area (Å²) in [5, 5.41) is 10.2. The molecule has 0 spiro atoms. The number of hydrogen-bond donors (Lipinski definition) is 3. The summed E-state index contributed by atoms with van der Waals surface area (Å²) in [6.07, 6.45) is 2.14. The third-order valence-corrected chi connectivity index (χ3v) is 4.83. The lowest BCUT2D eigenvalue weighted by atomic mass is 9.81. The van der Waals surface area contributed by atoms with Gasteiger partial charge < -0.3 is 10.8 Å². The van der Waals surface area contributed by atoms with E-state index in [1.54, 1.807) is 0 Å². The maximum Gasteiger partial charge on any atom is 0.242 e. The van der Waals surface area contributed by atoms with Crippen LogP contribution in [0, 0.1) is 0 Å². The van der Waals surface area contributed by atoms with Gasteiger partial charge >= 0.3 is 0 Å². The Morgan fingerprint density at radius 3 is 2.67 bits per heavy atom. The van der Waals surface area contributed by atoms with Crippen molar-refractivity contribution in [1.29, 1.82) is 0 Å². The molecule has 1 aliphatic carbocycles. The molecule has 0 bridgehead atoms. The molecule has 7 heteroatoms. The van der Waals surface area contributed by atoms with Gasteiger partial charge in [0.05, 0.1) is 11.3 Å². The van der Waals surface area contributed by atoms with E-state index in [1.165, 1.54) is 18.2 Å². The summed E-state index contributed by atoms with van der Waals surface area (Å²) in [5.41, 5.74) is 4.84. The van der Waals surface area contributed by atoms with Crippen LogP contribution in [0.4, 0.5) is 5.69 Å². The Bertz CT molecular complexity index is 555. The Hall–Kier alpha value is -0.820. The third kappa shape index (κ3) is 2.77. The summed E-state index contributed by atoms with van der Waals surface area (Å²) in [4.78, 5) is -0.0575. The third-order valence-electron chi connectivity index (χ3n) is 3.14. The van der Waals surface area contributed by atoms with Crippen LogP contribution in [0.2, 0.25) is 5.02 Å². The molecular weight excluding hydrogens is 276 g/mol. The molecule has 1 aromatic rings. The zero-order valence-corrected chi connectivity index (χ0v) is 11.3. The van der Waals surface area contributed by atoms with E-state index in [9.17, 15) is 13.5 Å². The van der Waals surface area contributed by atoms with Gasteiger partial charge in [0.25, 0.3) is 0 Å². The Morgan fingerprint density at radius 2 is 2.11 bits per heavy atom. The van der Waals surface area contributed by atoms with Gasteiger partial charge in [0, 0.05) is 11.6 Å². The van der Waals surface area contributed by atoms with Crippen LogP contribution in [0.15, 0.2) is 23.1 Å². The smallest absolute Gasteiger partial charge is 0.242 e. The molecule has 0 aromatic heterocycles. The molecular formula is C11H15ClN2O3S. The molecule has 1 aromatic carbocycles. The topological polar surface area (TPSA) is 92.4 Å². The van der Waals surface area contributed by atoms with Gasteiger partial charge in [0.2, 0.25) is 10.0 Å². The van der Waals surface area contributed by atoms with Crippen LogP contribution in [0.3, 0.4) is 0 Å². The lowest BCUT2D eigenvalue weighted by Crippen LogP contribution is -2.47. The van der Waals surface area contributed by atoms with E-state index in [0.717, 1.165) is 6.42 Å². The molecule has 1 saturated carbocycles. The number of hydrogen-bond acceptors (Lipinski definition) is 4. The first-order valence-electron chi connectivity index (χ1n) is 5.60. The lowest BCUT2D eigenvalue weighted by molar-refractivity contribution is -0.0270. The predicted molar refractivity (Wildman–Crippen MR) is 69.9 cm³/mol. The van der Waals surface area contributed by atoms with Gasteiger partial charge in [0.15, 0.2) is 0 Å². The maximum absolute atomic E-state index is 12.0. The zero-order valence-electron chi connectivity index (χ0n) is 9.69. The molecule has 1 aliphatic rings. The fourth-order valence-electron chi connectivity index (χ4n) is 1.81.